The first-order valence-electron chi connectivity index (χ1n) is 18.0. The van der Waals surface area contributed by atoms with Gasteiger partial charge in [0.1, 0.15) is 0 Å². The molecule has 3 saturated heterocycles. The summed E-state index contributed by atoms with van der Waals surface area (Å²) in [4.78, 5) is 22.3. The molecule has 3 aliphatic rings. The lowest BCUT2D eigenvalue weighted by Crippen LogP contribution is -2.64. The van der Waals surface area contributed by atoms with Crippen molar-refractivity contribution in [1.82, 2.24) is 19.7 Å². The molecule has 0 aliphatic carbocycles. The number of aryl methyl sites for hydroxylation is 1. The van der Waals surface area contributed by atoms with E-state index in [1.54, 1.807) is 11.3 Å². The summed E-state index contributed by atoms with van der Waals surface area (Å²) in [6.07, 6.45) is 12.8. The molecule has 0 bridgehead atoms. The van der Waals surface area contributed by atoms with Crippen LogP contribution in [0.2, 0.25) is 0 Å². The number of piperidine rings is 2. The van der Waals surface area contributed by atoms with Crippen LogP contribution in [0.4, 0.5) is 5.69 Å². The summed E-state index contributed by atoms with van der Waals surface area (Å²) in [6, 6.07) is 18.6. The van der Waals surface area contributed by atoms with E-state index >= 15 is 0 Å². The Morgan fingerprint density at radius 2 is 1.78 bits per heavy atom. The first-order valence-corrected chi connectivity index (χ1v) is 18.8. The number of carbonyl (C=O) groups is 1. The standard InChI is InChI=1S/C39H53N5OS/c1-4-6-9-31(23-30-26-43(18-5-2)35-11-8-7-10-34(30)35)40-38(45)37-24-29-12-13-33(25-36(29)46-37)42-21-16-39(17-22-42)27-44(28-39)32-14-19-41(3)20-15-32/h7-8,10-13,24-26,31-32H,4-6,9,14-23,27-28H2,1-3H3,(H,40,45). The van der Waals surface area contributed by atoms with Gasteiger partial charge in [-0.1, -0.05) is 51.0 Å². The molecule has 7 heteroatoms. The second kappa shape index (κ2) is 13.7. The van der Waals surface area contributed by atoms with Gasteiger partial charge in [0.25, 0.3) is 5.91 Å². The molecule has 1 amide bonds. The average molecular weight is 640 g/mol. The van der Waals surface area contributed by atoms with Gasteiger partial charge < -0.3 is 19.7 Å². The topological polar surface area (TPSA) is 43.8 Å². The van der Waals surface area contributed by atoms with Crippen LogP contribution in [0.15, 0.2) is 54.7 Å². The van der Waals surface area contributed by atoms with Crippen LogP contribution in [0.3, 0.4) is 0 Å². The quantitative estimate of drug-likeness (QED) is 0.182. The minimum atomic E-state index is 0.0696. The molecule has 0 radical (unpaired) electrons. The fourth-order valence-corrected chi connectivity index (χ4v) is 9.43. The summed E-state index contributed by atoms with van der Waals surface area (Å²) in [7, 11) is 2.26. The van der Waals surface area contributed by atoms with Gasteiger partial charge in [-0.15, -0.1) is 11.3 Å². The number of aromatic nitrogens is 1. The van der Waals surface area contributed by atoms with Crippen LogP contribution < -0.4 is 10.2 Å². The van der Waals surface area contributed by atoms with Crippen molar-refractivity contribution in [2.24, 2.45) is 5.41 Å². The number of para-hydroxylation sites is 1. The Balaban J connectivity index is 0.986. The SMILES string of the molecule is CCCCC(Cc1cn(CCC)c2ccccc12)NC(=O)c1cc2ccc(N3CCC4(CC3)CN(C3CCN(C)CC3)C4)cc2s1. The number of rotatable bonds is 11. The van der Waals surface area contributed by atoms with Gasteiger partial charge in [-0.3, -0.25) is 9.69 Å². The summed E-state index contributed by atoms with van der Waals surface area (Å²) < 4.78 is 3.60. The number of hydrogen-bond donors (Lipinski definition) is 1. The second-order valence-electron chi connectivity index (χ2n) is 14.6. The van der Waals surface area contributed by atoms with E-state index in [1.807, 2.05) is 0 Å². The third kappa shape index (κ3) is 6.61. The van der Waals surface area contributed by atoms with Crippen molar-refractivity contribution in [3.8, 4) is 0 Å². The van der Waals surface area contributed by atoms with Crippen LogP contribution in [-0.4, -0.2) is 78.7 Å². The normalized spacial score (nSPS) is 20.0. The highest BCUT2D eigenvalue weighted by Gasteiger charge is 2.47. The number of anilines is 1. The van der Waals surface area contributed by atoms with Crippen molar-refractivity contribution in [2.45, 2.75) is 90.3 Å². The van der Waals surface area contributed by atoms with Gasteiger partial charge in [0, 0.05) is 72.3 Å². The molecule has 6 nitrogen and oxygen atoms in total. The lowest BCUT2D eigenvalue weighted by Gasteiger charge is -2.57. The maximum atomic E-state index is 13.7. The number of amides is 1. The molecular formula is C39H53N5OS. The van der Waals surface area contributed by atoms with E-state index in [9.17, 15) is 4.79 Å². The van der Waals surface area contributed by atoms with Gasteiger partial charge in [-0.05, 0) is 106 Å². The van der Waals surface area contributed by atoms with E-state index in [0.29, 0.717) is 5.41 Å². The molecule has 46 heavy (non-hydrogen) atoms. The van der Waals surface area contributed by atoms with Crippen molar-refractivity contribution in [2.75, 3.05) is 51.2 Å². The number of fused-ring (bicyclic) bond motifs is 2. The number of thiophene rings is 1. The molecule has 1 unspecified atom stereocenters. The Bertz CT molecular complexity index is 1630. The first kappa shape index (κ1) is 31.7. The molecule has 4 aromatic rings. The molecule has 2 aromatic heterocycles. The largest absolute Gasteiger partial charge is 0.371 e. The fraction of sp³-hybridized carbons (Fsp3) is 0.564. The lowest BCUT2D eigenvalue weighted by atomic mass is 9.71. The molecule has 1 atom stereocenters. The van der Waals surface area contributed by atoms with E-state index in [-0.39, 0.29) is 11.9 Å². The van der Waals surface area contributed by atoms with Crippen LogP contribution in [-0.2, 0) is 13.0 Å². The van der Waals surface area contributed by atoms with Crippen LogP contribution >= 0.6 is 11.3 Å². The number of unbranched alkanes of at least 4 members (excludes halogenated alkanes) is 1. The van der Waals surface area contributed by atoms with Crippen molar-refractivity contribution >= 4 is 43.9 Å². The van der Waals surface area contributed by atoms with Gasteiger partial charge in [-0.25, -0.2) is 0 Å². The van der Waals surface area contributed by atoms with Crippen molar-refractivity contribution in [1.29, 1.82) is 0 Å². The van der Waals surface area contributed by atoms with Gasteiger partial charge >= 0.3 is 0 Å². The van der Waals surface area contributed by atoms with Gasteiger partial charge in [0.05, 0.1) is 4.88 Å². The Kier molecular flexibility index (Phi) is 9.44. The Morgan fingerprint density at radius 1 is 1.00 bits per heavy atom. The van der Waals surface area contributed by atoms with Gasteiger partial charge in [-0.2, -0.15) is 0 Å². The van der Waals surface area contributed by atoms with Crippen molar-refractivity contribution in [3.05, 3.63) is 65.2 Å². The smallest absolute Gasteiger partial charge is 0.261 e. The monoisotopic (exact) mass is 639 g/mol. The predicted molar refractivity (Wildman–Crippen MR) is 195 cm³/mol. The van der Waals surface area contributed by atoms with E-state index < -0.39 is 0 Å². The van der Waals surface area contributed by atoms with E-state index in [0.717, 1.165) is 62.7 Å². The lowest BCUT2D eigenvalue weighted by molar-refractivity contribution is -0.0598. The molecule has 1 N–H and O–H groups in total. The van der Waals surface area contributed by atoms with Crippen LogP contribution in [0.5, 0.6) is 0 Å². The number of nitrogens with one attached hydrogen (secondary N) is 1. The summed E-state index contributed by atoms with van der Waals surface area (Å²) in [6.45, 7) is 12.9. The number of likely N-dealkylation sites (tertiary alicyclic amines) is 2. The fourth-order valence-electron chi connectivity index (χ4n) is 8.43. The molecule has 3 fully saturated rings. The molecule has 1 spiro atoms. The van der Waals surface area contributed by atoms with Crippen LogP contribution in [0, 0.1) is 5.41 Å². The van der Waals surface area contributed by atoms with Crippen LogP contribution in [0.25, 0.3) is 21.0 Å². The zero-order valence-corrected chi connectivity index (χ0v) is 29.1. The maximum Gasteiger partial charge on any atom is 0.261 e. The summed E-state index contributed by atoms with van der Waals surface area (Å²) in [5.41, 5.74) is 4.49. The summed E-state index contributed by atoms with van der Waals surface area (Å²) in [5, 5.41) is 5.95. The van der Waals surface area contributed by atoms with Crippen molar-refractivity contribution < 1.29 is 4.79 Å². The Labute approximate surface area is 279 Å². The molecule has 5 heterocycles. The van der Waals surface area contributed by atoms with E-state index in [1.165, 1.54) is 84.1 Å². The highest BCUT2D eigenvalue weighted by Crippen LogP contribution is 2.44. The minimum absolute atomic E-state index is 0.0696. The van der Waals surface area contributed by atoms with Crippen LogP contribution in [0.1, 0.15) is 80.4 Å². The third-order valence-electron chi connectivity index (χ3n) is 11.2. The van der Waals surface area contributed by atoms with Gasteiger partial charge in [0.15, 0.2) is 0 Å². The highest BCUT2D eigenvalue weighted by atomic mass is 32.1. The predicted octanol–water partition coefficient (Wildman–Crippen LogP) is 7.79. The number of hydrogen-bond acceptors (Lipinski definition) is 5. The Hall–Kier alpha value is -2.87. The molecule has 0 saturated carbocycles. The third-order valence-corrected chi connectivity index (χ3v) is 12.3. The van der Waals surface area contributed by atoms with E-state index in [4.69, 9.17) is 0 Å². The molecular weight excluding hydrogens is 587 g/mol. The highest BCUT2D eigenvalue weighted by molar-refractivity contribution is 7.20. The summed E-state index contributed by atoms with van der Waals surface area (Å²) in [5.74, 6) is 0.0696. The zero-order valence-electron chi connectivity index (χ0n) is 28.3. The molecule has 3 aliphatic heterocycles. The van der Waals surface area contributed by atoms with Gasteiger partial charge in [0.2, 0.25) is 0 Å². The minimum Gasteiger partial charge on any atom is -0.371 e. The number of carbonyl (C=O) groups excluding carboxylic acids is 1. The summed E-state index contributed by atoms with van der Waals surface area (Å²) >= 11 is 1.65. The number of nitrogens with zero attached hydrogens (tertiary/aromatic N) is 4. The molecule has 2 aromatic carbocycles. The number of benzene rings is 2. The van der Waals surface area contributed by atoms with Crippen molar-refractivity contribution in [3.63, 3.8) is 0 Å². The zero-order chi connectivity index (χ0) is 31.7. The maximum absolute atomic E-state index is 13.7. The first-order chi connectivity index (χ1) is 22.4. The van der Waals surface area contributed by atoms with E-state index in [2.05, 4.69) is 100 Å². The molecule has 246 valence electrons. The Morgan fingerprint density at radius 3 is 2.54 bits per heavy atom. The second-order valence-corrected chi connectivity index (χ2v) is 15.7. The molecule has 7 rings (SSSR count). The average Bonchev–Trinajstić information content (AvgIpc) is 3.64.